The monoisotopic (exact) mass is 454 g/mol. The van der Waals surface area contributed by atoms with Gasteiger partial charge in [0.1, 0.15) is 15.9 Å². The second kappa shape index (κ2) is 7.73. The maximum atomic E-state index is 12.5. The molecule has 0 bridgehead atoms. The first-order valence-electron chi connectivity index (χ1n) is 7.03. The molecule has 1 N–H and O–H groups in total. The average molecular weight is 455 g/mol. The third kappa shape index (κ3) is 4.51. The van der Waals surface area contributed by atoms with Crippen LogP contribution in [0.4, 0.5) is 5.13 Å². The molecule has 3 rings (SSSR count). The van der Waals surface area contributed by atoms with Crippen LogP contribution in [0.3, 0.4) is 0 Å². The number of hydrogen-bond acceptors (Lipinski definition) is 7. The summed E-state index contributed by atoms with van der Waals surface area (Å²) in [5, 5.41) is 11.4. The van der Waals surface area contributed by atoms with Crippen molar-refractivity contribution in [2.75, 3.05) is 11.9 Å². The number of nitrogens with zero attached hydrogens (tertiary/aromatic N) is 3. The number of rotatable bonds is 4. The van der Waals surface area contributed by atoms with Crippen molar-refractivity contribution in [3.05, 3.63) is 44.2 Å². The fourth-order valence-corrected chi connectivity index (χ4v) is 4.31. The summed E-state index contributed by atoms with van der Waals surface area (Å²) in [6.45, 7) is 1.64. The summed E-state index contributed by atoms with van der Waals surface area (Å²) in [4.78, 5) is 26.4. The normalized spacial score (nSPS) is 15.9. The van der Waals surface area contributed by atoms with Crippen molar-refractivity contribution < 1.29 is 9.59 Å². The zero-order chi connectivity index (χ0) is 18.0. The summed E-state index contributed by atoms with van der Waals surface area (Å²) < 4.78 is 1.28. The number of carbonyl (C=O) groups excluding carboxylic acids is 2. The number of carbonyl (C=O) groups is 2. The molecule has 0 aliphatic carbocycles. The van der Waals surface area contributed by atoms with Gasteiger partial charge in [0.25, 0.3) is 5.91 Å². The summed E-state index contributed by atoms with van der Waals surface area (Å²) in [5.41, 5.74) is 0.878. The molecular formula is C15H11BrN4O2S3. The quantitative estimate of drug-likeness (QED) is 0.563. The highest BCUT2D eigenvalue weighted by Gasteiger charge is 2.33. The number of thioether (sulfide) groups is 1. The standard InChI is InChI=1S/C15H11BrN4O2S3/c1-8-18-19-14(24-8)17-12(21)7-20-13(22)11(25-15(20)23)6-9-3-2-4-10(16)5-9/h2-6H,7H2,1H3,(H,17,19,21). The molecule has 0 saturated carbocycles. The highest BCUT2D eigenvalue weighted by atomic mass is 79.9. The summed E-state index contributed by atoms with van der Waals surface area (Å²) in [5.74, 6) is -0.644. The molecule has 25 heavy (non-hydrogen) atoms. The van der Waals surface area contributed by atoms with E-state index >= 15 is 0 Å². The molecular weight excluding hydrogens is 444 g/mol. The third-order valence-electron chi connectivity index (χ3n) is 3.09. The fourth-order valence-electron chi connectivity index (χ4n) is 2.03. The number of hydrogen-bond donors (Lipinski definition) is 1. The molecule has 128 valence electrons. The lowest BCUT2D eigenvalue weighted by Gasteiger charge is -2.13. The van der Waals surface area contributed by atoms with E-state index in [0.29, 0.717) is 14.4 Å². The lowest BCUT2D eigenvalue weighted by atomic mass is 10.2. The van der Waals surface area contributed by atoms with E-state index < -0.39 is 0 Å². The predicted octanol–water partition coefficient (Wildman–Crippen LogP) is 3.45. The number of benzene rings is 1. The first-order valence-corrected chi connectivity index (χ1v) is 9.87. The van der Waals surface area contributed by atoms with Crippen LogP contribution in [-0.4, -0.2) is 37.8 Å². The van der Waals surface area contributed by atoms with Crippen LogP contribution in [0.15, 0.2) is 33.6 Å². The van der Waals surface area contributed by atoms with Crippen LogP contribution in [0.5, 0.6) is 0 Å². The van der Waals surface area contributed by atoms with E-state index in [0.717, 1.165) is 15.0 Å². The largest absolute Gasteiger partial charge is 0.299 e. The lowest BCUT2D eigenvalue weighted by Crippen LogP contribution is -2.36. The minimum absolute atomic E-state index is 0.154. The van der Waals surface area contributed by atoms with Gasteiger partial charge in [-0.2, -0.15) is 0 Å². The smallest absolute Gasteiger partial charge is 0.266 e. The Labute approximate surface area is 165 Å². The van der Waals surface area contributed by atoms with Crippen LogP contribution in [-0.2, 0) is 9.59 Å². The maximum Gasteiger partial charge on any atom is 0.266 e. The Bertz CT molecular complexity index is 896. The topological polar surface area (TPSA) is 75.2 Å². The van der Waals surface area contributed by atoms with Crippen LogP contribution >= 0.6 is 51.2 Å². The Kier molecular flexibility index (Phi) is 5.62. The van der Waals surface area contributed by atoms with E-state index in [9.17, 15) is 9.59 Å². The third-order valence-corrected chi connectivity index (χ3v) is 5.72. The molecule has 1 aromatic heterocycles. The molecule has 10 heteroatoms. The molecule has 0 radical (unpaired) electrons. The van der Waals surface area contributed by atoms with Gasteiger partial charge in [-0.1, -0.05) is 63.4 Å². The number of nitrogens with one attached hydrogen (secondary N) is 1. The predicted molar refractivity (Wildman–Crippen MR) is 107 cm³/mol. The zero-order valence-electron chi connectivity index (χ0n) is 12.9. The molecule has 1 aromatic carbocycles. The minimum Gasteiger partial charge on any atom is -0.299 e. The van der Waals surface area contributed by atoms with Gasteiger partial charge in [-0.25, -0.2) is 0 Å². The van der Waals surface area contributed by atoms with Gasteiger partial charge in [0, 0.05) is 4.47 Å². The number of halogens is 1. The number of amides is 2. The first kappa shape index (κ1) is 18.2. The van der Waals surface area contributed by atoms with E-state index in [1.807, 2.05) is 24.3 Å². The SMILES string of the molecule is Cc1nnc(NC(=O)CN2C(=O)C(=Cc3cccc(Br)c3)SC2=S)s1. The summed E-state index contributed by atoms with van der Waals surface area (Å²) in [6.07, 6.45) is 1.76. The van der Waals surface area contributed by atoms with Crippen molar-refractivity contribution in [3.63, 3.8) is 0 Å². The Hall–Kier alpha value is -1.62. The zero-order valence-corrected chi connectivity index (χ0v) is 16.9. The molecule has 6 nitrogen and oxygen atoms in total. The van der Waals surface area contributed by atoms with Crippen molar-refractivity contribution in [3.8, 4) is 0 Å². The fraction of sp³-hybridized carbons (Fsp3) is 0.133. The number of aryl methyl sites for hydroxylation is 1. The highest BCUT2D eigenvalue weighted by molar-refractivity contribution is 9.10. The number of aromatic nitrogens is 2. The Morgan fingerprint density at radius 3 is 2.92 bits per heavy atom. The molecule has 0 spiro atoms. The summed E-state index contributed by atoms with van der Waals surface area (Å²) >= 11 is 11.1. The van der Waals surface area contributed by atoms with E-state index in [2.05, 4.69) is 31.4 Å². The molecule has 2 aromatic rings. The van der Waals surface area contributed by atoms with Crippen molar-refractivity contribution in [2.45, 2.75) is 6.92 Å². The molecule has 2 heterocycles. The molecule has 1 fully saturated rings. The van der Waals surface area contributed by atoms with Gasteiger partial charge in [-0.3, -0.25) is 19.8 Å². The van der Waals surface area contributed by atoms with Crippen molar-refractivity contribution >= 4 is 78.6 Å². The maximum absolute atomic E-state index is 12.5. The minimum atomic E-state index is -0.365. The Balaban J connectivity index is 1.69. The number of thiocarbonyl (C=S) groups is 1. The van der Waals surface area contributed by atoms with Crippen LogP contribution < -0.4 is 5.32 Å². The second-order valence-electron chi connectivity index (χ2n) is 5.00. The van der Waals surface area contributed by atoms with Crippen molar-refractivity contribution in [1.82, 2.24) is 15.1 Å². The van der Waals surface area contributed by atoms with Gasteiger partial charge >= 0.3 is 0 Å². The molecule has 1 aliphatic rings. The number of anilines is 1. The average Bonchev–Trinajstić information content (AvgIpc) is 3.06. The molecule has 0 unspecified atom stereocenters. The van der Waals surface area contributed by atoms with Crippen LogP contribution in [0, 0.1) is 6.92 Å². The molecule has 1 aliphatic heterocycles. The molecule has 1 saturated heterocycles. The van der Waals surface area contributed by atoms with E-state index in [4.69, 9.17) is 12.2 Å². The van der Waals surface area contributed by atoms with Crippen LogP contribution in [0.1, 0.15) is 10.6 Å². The van der Waals surface area contributed by atoms with Crippen LogP contribution in [0.2, 0.25) is 0 Å². The van der Waals surface area contributed by atoms with Gasteiger partial charge in [-0.15, -0.1) is 10.2 Å². The van der Waals surface area contributed by atoms with Crippen molar-refractivity contribution in [2.24, 2.45) is 0 Å². The second-order valence-corrected chi connectivity index (χ2v) is 8.77. The lowest BCUT2D eigenvalue weighted by molar-refractivity contribution is -0.126. The van der Waals surface area contributed by atoms with E-state index in [1.165, 1.54) is 28.0 Å². The van der Waals surface area contributed by atoms with Gasteiger partial charge < -0.3 is 0 Å². The summed E-state index contributed by atoms with van der Waals surface area (Å²) in [7, 11) is 0. The van der Waals surface area contributed by atoms with Gasteiger partial charge in [0.05, 0.1) is 4.91 Å². The first-order chi connectivity index (χ1) is 11.9. The Morgan fingerprint density at radius 1 is 1.44 bits per heavy atom. The Morgan fingerprint density at radius 2 is 2.24 bits per heavy atom. The highest BCUT2D eigenvalue weighted by Crippen LogP contribution is 2.32. The van der Waals surface area contributed by atoms with E-state index in [1.54, 1.807) is 13.0 Å². The van der Waals surface area contributed by atoms with Gasteiger partial charge in [0.2, 0.25) is 11.0 Å². The van der Waals surface area contributed by atoms with E-state index in [-0.39, 0.29) is 18.4 Å². The molecule has 2 amide bonds. The molecule has 0 atom stereocenters. The van der Waals surface area contributed by atoms with Crippen LogP contribution in [0.25, 0.3) is 6.08 Å². The van der Waals surface area contributed by atoms with Gasteiger partial charge in [0.15, 0.2) is 0 Å². The van der Waals surface area contributed by atoms with Crippen molar-refractivity contribution in [1.29, 1.82) is 0 Å². The van der Waals surface area contributed by atoms with Gasteiger partial charge in [-0.05, 0) is 30.7 Å². The summed E-state index contributed by atoms with van der Waals surface area (Å²) in [6, 6.07) is 7.58.